The van der Waals surface area contributed by atoms with Crippen LogP contribution in [0.25, 0.3) is 0 Å². The predicted molar refractivity (Wildman–Crippen MR) is 73.8 cm³/mol. The highest BCUT2D eigenvalue weighted by molar-refractivity contribution is 7.98. The Kier molecular flexibility index (Phi) is 2.83. The van der Waals surface area contributed by atoms with Gasteiger partial charge in [0.1, 0.15) is 6.04 Å². The van der Waals surface area contributed by atoms with Crippen LogP contribution in [-0.2, 0) is 0 Å². The molecule has 0 saturated heterocycles. The quantitative estimate of drug-likeness (QED) is 0.841. The summed E-state index contributed by atoms with van der Waals surface area (Å²) in [6, 6.07) is 10.5. The van der Waals surface area contributed by atoms with E-state index in [1.54, 1.807) is 11.8 Å². The van der Waals surface area contributed by atoms with Crippen LogP contribution in [0.1, 0.15) is 18.5 Å². The van der Waals surface area contributed by atoms with E-state index in [9.17, 15) is 0 Å². The monoisotopic (exact) mass is 258 g/mol. The largest absolute Gasteiger partial charge is 0.329 e. The molecular weight excluding hydrogens is 244 g/mol. The van der Waals surface area contributed by atoms with Crippen LogP contribution < -0.4 is 5.32 Å². The fourth-order valence-electron chi connectivity index (χ4n) is 2.08. The Labute approximate surface area is 110 Å². The number of hydrogen-bond donors (Lipinski definition) is 1. The van der Waals surface area contributed by atoms with Crippen molar-refractivity contribution in [3.8, 4) is 0 Å². The molecule has 0 bridgehead atoms. The van der Waals surface area contributed by atoms with Gasteiger partial charge in [0.2, 0.25) is 11.1 Å². The Bertz CT molecular complexity index is 588. The Hall–Kier alpha value is -1.75. The molecule has 1 aliphatic heterocycles. The smallest absolute Gasteiger partial charge is 0.227 e. The van der Waals surface area contributed by atoms with Gasteiger partial charge in [0.25, 0.3) is 0 Å². The predicted octanol–water partition coefficient (Wildman–Crippen LogP) is 2.92. The third-order valence-corrected chi connectivity index (χ3v) is 3.45. The van der Waals surface area contributed by atoms with Crippen molar-refractivity contribution in [1.29, 1.82) is 0 Å². The maximum atomic E-state index is 4.52. The zero-order chi connectivity index (χ0) is 12.5. The number of nitrogens with one attached hydrogen (secondary N) is 1. The molecule has 1 aromatic heterocycles. The third kappa shape index (κ3) is 1.90. The maximum absolute atomic E-state index is 4.52. The summed E-state index contributed by atoms with van der Waals surface area (Å²) in [5.74, 6) is 0.813. The van der Waals surface area contributed by atoms with Gasteiger partial charge in [-0.25, -0.2) is 4.68 Å². The van der Waals surface area contributed by atoms with Gasteiger partial charge in [-0.2, -0.15) is 4.98 Å². The number of nitrogens with zero attached hydrogens (tertiary/aromatic N) is 3. The molecular formula is C13H14N4S. The van der Waals surface area contributed by atoms with Crippen molar-refractivity contribution in [2.24, 2.45) is 0 Å². The fraction of sp³-hybridized carbons (Fsp3) is 0.231. The first kappa shape index (κ1) is 11.3. The topological polar surface area (TPSA) is 42.7 Å². The van der Waals surface area contributed by atoms with Gasteiger partial charge < -0.3 is 5.32 Å². The van der Waals surface area contributed by atoms with Crippen LogP contribution in [0.5, 0.6) is 0 Å². The molecule has 5 heteroatoms. The Morgan fingerprint density at radius 1 is 1.28 bits per heavy atom. The molecule has 1 aliphatic rings. The van der Waals surface area contributed by atoms with Gasteiger partial charge in [-0.3, -0.25) is 0 Å². The van der Waals surface area contributed by atoms with Gasteiger partial charge >= 0.3 is 0 Å². The van der Waals surface area contributed by atoms with Crippen LogP contribution in [-0.4, -0.2) is 21.0 Å². The molecule has 0 aliphatic carbocycles. The maximum Gasteiger partial charge on any atom is 0.227 e. The van der Waals surface area contributed by atoms with Crippen molar-refractivity contribution in [3.63, 3.8) is 0 Å². The van der Waals surface area contributed by atoms with Crippen molar-refractivity contribution in [1.82, 2.24) is 14.8 Å². The molecule has 18 heavy (non-hydrogen) atoms. The second kappa shape index (κ2) is 4.49. The first-order chi connectivity index (χ1) is 8.78. The van der Waals surface area contributed by atoms with Crippen molar-refractivity contribution in [3.05, 3.63) is 47.7 Å². The average molecular weight is 258 g/mol. The Balaban J connectivity index is 2.09. The van der Waals surface area contributed by atoms with E-state index in [4.69, 9.17) is 0 Å². The van der Waals surface area contributed by atoms with E-state index in [-0.39, 0.29) is 6.04 Å². The van der Waals surface area contributed by atoms with Gasteiger partial charge in [0.05, 0.1) is 0 Å². The average Bonchev–Trinajstić information content (AvgIpc) is 2.81. The lowest BCUT2D eigenvalue weighted by Crippen LogP contribution is -2.19. The molecule has 0 fully saturated rings. The van der Waals surface area contributed by atoms with Crippen molar-refractivity contribution in [2.75, 3.05) is 11.6 Å². The van der Waals surface area contributed by atoms with E-state index < -0.39 is 0 Å². The van der Waals surface area contributed by atoms with E-state index in [0.717, 1.165) is 16.8 Å². The number of hydrogen-bond acceptors (Lipinski definition) is 4. The van der Waals surface area contributed by atoms with Crippen molar-refractivity contribution < 1.29 is 0 Å². The van der Waals surface area contributed by atoms with Crippen LogP contribution in [0.2, 0.25) is 0 Å². The molecule has 0 spiro atoms. The van der Waals surface area contributed by atoms with Crippen LogP contribution in [0.15, 0.2) is 47.3 Å². The molecule has 2 heterocycles. The minimum Gasteiger partial charge on any atom is -0.329 e. The SMILES string of the molecule is CSc1nc2n(n1)C(c1ccccc1)C=C(C)N2. The van der Waals surface area contributed by atoms with Gasteiger partial charge in [-0.1, -0.05) is 42.1 Å². The highest BCUT2D eigenvalue weighted by Gasteiger charge is 2.22. The molecule has 1 aromatic carbocycles. The normalized spacial score (nSPS) is 17.9. The summed E-state index contributed by atoms with van der Waals surface area (Å²) in [6.07, 6.45) is 4.15. The third-order valence-electron chi connectivity index (χ3n) is 2.92. The number of thioether (sulfide) groups is 1. The molecule has 1 N–H and O–H groups in total. The molecule has 1 atom stereocenters. The van der Waals surface area contributed by atoms with Gasteiger partial charge in [0, 0.05) is 5.70 Å². The summed E-state index contributed by atoms with van der Waals surface area (Å²) in [6.45, 7) is 2.05. The van der Waals surface area contributed by atoms with E-state index in [0.29, 0.717) is 0 Å². The molecule has 4 nitrogen and oxygen atoms in total. The summed E-state index contributed by atoms with van der Waals surface area (Å²) in [7, 11) is 0. The van der Waals surface area contributed by atoms with Crippen LogP contribution >= 0.6 is 11.8 Å². The highest BCUT2D eigenvalue weighted by atomic mass is 32.2. The number of aromatic nitrogens is 3. The van der Waals surface area contributed by atoms with Crippen LogP contribution in [0.4, 0.5) is 5.95 Å². The molecule has 1 unspecified atom stereocenters. The van der Waals surface area contributed by atoms with Crippen LogP contribution in [0, 0.1) is 0 Å². The van der Waals surface area contributed by atoms with Crippen molar-refractivity contribution in [2.45, 2.75) is 18.1 Å². The first-order valence-corrected chi connectivity index (χ1v) is 7.01. The lowest BCUT2D eigenvalue weighted by molar-refractivity contribution is 0.591. The number of fused-ring (bicyclic) bond motifs is 1. The molecule has 92 valence electrons. The standard InChI is InChI=1S/C13H14N4S/c1-9-8-11(10-6-4-3-5-7-10)17-12(14-9)15-13(16-17)18-2/h3-8,11H,1-2H3,(H,14,15,16). The summed E-state index contributed by atoms with van der Waals surface area (Å²) in [5, 5.41) is 8.57. The molecule has 0 saturated carbocycles. The molecule has 0 amide bonds. The number of rotatable bonds is 2. The van der Waals surface area contributed by atoms with Gasteiger partial charge in [-0.05, 0) is 24.8 Å². The summed E-state index contributed by atoms with van der Waals surface area (Å²) < 4.78 is 1.94. The number of benzene rings is 1. The molecule has 2 aromatic rings. The second-order valence-electron chi connectivity index (χ2n) is 4.20. The lowest BCUT2D eigenvalue weighted by Gasteiger charge is -2.22. The fourth-order valence-corrected chi connectivity index (χ4v) is 2.43. The first-order valence-electron chi connectivity index (χ1n) is 5.79. The second-order valence-corrected chi connectivity index (χ2v) is 4.97. The van der Waals surface area contributed by atoms with E-state index in [2.05, 4.69) is 33.6 Å². The van der Waals surface area contributed by atoms with Crippen LogP contribution in [0.3, 0.4) is 0 Å². The zero-order valence-electron chi connectivity index (χ0n) is 10.3. The lowest BCUT2D eigenvalue weighted by atomic mass is 10.1. The number of anilines is 1. The van der Waals surface area contributed by atoms with Crippen molar-refractivity contribution >= 4 is 17.7 Å². The number of allylic oxidation sites excluding steroid dienone is 2. The highest BCUT2D eigenvalue weighted by Crippen LogP contribution is 2.29. The molecule has 0 radical (unpaired) electrons. The summed E-state index contributed by atoms with van der Waals surface area (Å²) in [4.78, 5) is 4.46. The minimum absolute atomic E-state index is 0.121. The molecule has 3 rings (SSSR count). The Morgan fingerprint density at radius 3 is 2.78 bits per heavy atom. The van der Waals surface area contributed by atoms with E-state index in [1.165, 1.54) is 5.56 Å². The minimum atomic E-state index is 0.121. The van der Waals surface area contributed by atoms with Gasteiger partial charge in [-0.15, -0.1) is 5.10 Å². The summed E-state index contributed by atoms with van der Waals surface area (Å²) >= 11 is 1.55. The summed E-state index contributed by atoms with van der Waals surface area (Å²) in [5.41, 5.74) is 2.33. The van der Waals surface area contributed by atoms with E-state index >= 15 is 0 Å². The zero-order valence-corrected chi connectivity index (χ0v) is 11.1. The van der Waals surface area contributed by atoms with E-state index in [1.807, 2.05) is 36.1 Å². The van der Waals surface area contributed by atoms with Gasteiger partial charge in [0.15, 0.2) is 0 Å². The Morgan fingerprint density at radius 2 is 2.06 bits per heavy atom.